The number of nitrogens with zero attached hydrogens (tertiary/aromatic N) is 2. The molecule has 0 saturated carbocycles. The number of hydrogen-bond donors (Lipinski definition) is 0. The number of alkyl halides is 1. The Hall–Kier alpha value is -1.29. The molecule has 0 amide bonds. The zero-order valence-electron chi connectivity index (χ0n) is 9.98. The molecule has 2 rings (SSSR count). The average Bonchev–Trinajstić information content (AvgIpc) is 2.81. The molecule has 0 spiro atoms. The summed E-state index contributed by atoms with van der Waals surface area (Å²) in [6, 6.07) is 7.92. The van der Waals surface area contributed by atoms with Gasteiger partial charge in [-0.2, -0.15) is 5.10 Å². The number of ether oxygens (including phenoxy) is 1. The van der Waals surface area contributed by atoms with E-state index in [0.717, 1.165) is 23.2 Å². The van der Waals surface area contributed by atoms with Crippen LogP contribution in [0.4, 0.5) is 0 Å². The second-order valence-electron chi connectivity index (χ2n) is 3.69. The van der Waals surface area contributed by atoms with Gasteiger partial charge >= 0.3 is 0 Å². The molecule has 0 aliphatic carbocycles. The SMILES string of the molecule is CCc1c(CBr)cnn1-c1ccccc1OC. The number of rotatable bonds is 4. The van der Waals surface area contributed by atoms with Gasteiger partial charge in [-0.15, -0.1) is 0 Å². The fraction of sp³-hybridized carbons (Fsp3) is 0.308. The number of aromatic nitrogens is 2. The highest BCUT2D eigenvalue weighted by Crippen LogP contribution is 2.25. The Kier molecular flexibility index (Phi) is 3.84. The number of halogens is 1. The molecule has 3 nitrogen and oxygen atoms in total. The summed E-state index contributed by atoms with van der Waals surface area (Å²) in [5.41, 5.74) is 3.42. The molecule has 1 aromatic heterocycles. The van der Waals surface area contributed by atoms with E-state index in [1.54, 1.807) is 7.11 Å². The minimum absolute atomic E-state index is 0.825. The fourth-order valence-electron chi connectivity index (χ4n) is 1.91. The zero-order valence-corrected chi connectivity index (χ0v) is 11.6. The van der Waals surface area contributed by atoms with Gasteiger partial charge in [0, 0.05) is 16.6 Å². The molecule has 0 bridgehead atoms. The van der Waals surface area contributed by atoms with Crippen LogP contribution in [0.25, 0.3) is 5.69 Å². The standard InChI is InChI=1S/C13H15BrN2O/c1-3-11-10(8-14)9-15-16(11)12-6-4-5-7-13(12)17-2/h4-7,9H,3,8H2,1-2H3. The van der Waals surface area contributed by atoms with Crippen molar-refractivity contribution in [3.63, 3.8) is 0 Å². The summed E-state index contributed by atoms with van der Waals surface area (Å²) in [5, 5.41) is 5.27. The first-order chi connectivity index (χ1) is 8.31. The number of para-hydroxylation sites is 2. The molecule has 0 saturated heterocycles. The van der Waals surface area contributed by atoms with Crippen molar-refractivity contribution >= 4 is 15.9 Å². The van der Waals surface area contributed by atoms with Gasteiger partial charge in [0.05, 0.1) is 13.3 Å². The lowest BCUT2D eigenvalue weighted by atomic mass is 10.2. The third kappa shape index (κ3) is 2.22. The lowest BCUT2D eigenvalue weighted by molar-refractivity contribution is 0.411. The van der Waals surface area contributed by atoms with Crippen molar-refractivity contribution in [1.82, 2.24) is 9.78 Å². The summed E-state index contributed by atoms with van der Waals surface area (Å²) in [6.45, 7) is 2.13. The molecule has 0 fully saturated rings. The van der Waals surface area contributed by atoms with Crippen molar-refractivity contribution in [3.8, 4) is 11.4 Å². The summed E-state index contributed by atoms with van der Waals surface area (Å²) in [7, 11) is 1.68. The second-order valence-corrected chi connectivity index (χ2v) is 4.25. The predicted molar refractivity (Wildman–Crippen MR) is 72.1 cm³/mol. The van der Waals surface area contributed by atoms with E-state index in [9.17, 15) is 0 Å². The first-order valence-corrected chi connectivity index (χ1v) is 6.69. The minimum Gasteiger partial charge on any atom is -0.494 e. The van der Waals surface area contributed by atoms with Gasteiger partial charge in [0.2, 0.25) is 0 Å². The Morgan fingerprint density at radius 3 is 2.76 bits per heavy atom. The fourth-order valence-corrected chi connectivity index (χ4v) is 2.38. The molecule has 90 valence electrons. The summed E-state index contributed by atoms with van der Waals surface area (Å²) in [6.07, 6.45) is 2.85. The molecule has 0 aliphatic heterocycles. The predicted octanol–water partition coefficient (Wildman–Crippen LogP) is 3.34. The molecule has 1 aromatic carbocycles. The molecular formula is C13H15BrN2O. The van der Waals surface area contributed by atoms with Crippen LogP contribution in [0, 0.1) is 0 Å². The summed E-state index contributed by atoms with van der Waals surface area (Å²) < 4.78 is 7.32. The van der Waals surface area contributed by atoms with E-state index in [2.05, 4.69) is 28.0 Å². The van der Waals surface area contributed by atoms with Crippen molar-refractivity contribution < 1.29 is 4.74 Å². The van der Waals surface area contributed by atoms with Crippen LogP contribution in [0.2, 0.25) is 0 Å². The van der Waals surface area contributed by atoms with Crippen molar-refractivity contribution in [2.24, 2.45) is 0 Å². The van der Waals surface area contributed by atoms with Crippen LogP contribution in [-0.4, -0.2) is 16.9 Å². The highest BCUT2D eigenvalue weighted by molar-refractivity contribution is 9.08. The quantitative estimate of drug-likeness (QED) is 0.809. The van der Waals surface area contributed by atoms with Crippen molar-refractivity contribution in [2.45, 2.75) is 18.7 Å². The van der Waals surface area contributed by atoms with Crippen molar-refractivity contribution in [3.05, 3.63) is 41.7 Å². The maximum atomic E-state index is 5.37. The van der Waals surface area contributed by atoms with Crippen LogP contribution in [0.5, 0.6) is 5.75 Å². The number of benzene rings is 1. The Labute approximate surface area is 110 Å². The molecule has 4 heteroatoms. The maximum Gasteiger partial charge on any atom is 0.144 e. The van der Waals surface area contributed by atoms with E-state index in [-0.39, 0.29) is 0 Å². The smallest absolute Gasteiger partial charge is 0.144 e. The van der Waals surface area contributed by atoms with Crippen LogP contribution in [0.3, 0.4) is 0 Å². The van der Waals surface area contributed by atoms with E-state index in [1.807, 2.05) is 35.1 Å². The summed E-state index contributed by atoms with van der Waals surface area (Å²) >= 11 is 3.49. The highest BCUT2D eigenvalue weighted by atomic mass is 79.9. The topological polar surface area (TPSA) is 27.1 Å². The number of methoxy groups -OCH3 is 1. The van der Waals surface area contributed by atoms with Gasteiger partial charge in [-0.05, 0) is 18.6 Å². The number of hydrogen-bond acceptors (Lipinski definition) is 2. The lowest BCUT2D eigenvalue weighted by Gasteiger charge is -2.11. The average molecular weight is 295 g/mol. The lowest BCUT2D eigenvalue weighted by Crippen LogP contribution is -2.04. The van der Waals surface area contributed by atoms with E-state index in [4.69, 9.17) is 4.74 Å². The van der Waals surface area contributed by atoms with Crippen LogP contribution in [-0.2, 0) is 11.8 Å². The molecule has 0 aliphatic rings. The van der Waals surface area contributed by atoms with Gasteiger partial charge < -0.3 is 4.74 Å². The molecule has 2 aromatic rings. The Morgan fingerprint density at radius 1 is 1.35 bits per heavy atom. The summed E-state index contributed by atoms with van der Waals surface area (Å²) in [4.78, 5) is 0. The minimum atomic E-state index is 0.825. The van der Waals surface area contributed by atoms with Gasteiger partial charge in [-0.25, -0.2) is 4.68 Å². The normalized spacial score (nSPS) is 10.5. The molecule has 1 heterocycles. The Morgan fingerprint density at radius 2 is 2.12 bits per heavy atom. The zero-order chi connectivity index (χ0) is 12.3. The van der Waals surface area contributed by atoms with Gasteiger partial charge in [0.25, 0.3) is 0 Å². The van der Waals surface area contributed by atoms with Crippen LogP contribution in [0.15, 0.2) is 30.5 Å². The van der Waals surface area contributed by atoms with E-state index >= 15 is 0 Å². The molecule has 0 N–H and O–H groups in total. The second kappa shape index (κ2) is 5.36. The van der Waals surface area contributed by atoms with Crippen LogP contribution in [0.1, 0.15) is 18.2 Å². The first-order valence-electron chi connectivity index (χ1n) is 5.57. The van der Waals surface area contributed by atoms with E-state index in [1.165, 1.54) is 11.3 Å². The van der Waals surface area contributed by atoms with E-state index < -0.39 is 0 Å². The molecule has 17 heavy (non-hydrogen) atoms. The largest absolute Gasteiger partial charge is 0.494 e. The van der Waals surface area contributed by atoms with E-state index in [0.29, 0.717) is 0 Å². The van der Waals surface area contributed by atoms with Crippen molar-refractivity contribution in [1.29, 1.82) is 0 Å². The summed E-state index contributed by atoms with van der Waals surface area (Å²) in [5.74, 6) is 0.839. The van der Waals surface area contributed by atoms with Crippen LogP contribution < -0.4 is 4.74 Å². The molecule has 0 radical (unpaired) electrons. The Balaban J connectivity index is 2.56. The highest BCUT2D eigenvalue weighted by Gasteiger charge is 2.12. The monoisotopic (exact) mass is 294 g/mol. The molecule has 0 unspecified atom stereocenters. The van der Waals surface area contributed by atoms with Crippen molar-refractivity contribution in [2.75, 3.05) is 7.11 Å². The van der Waals surface area contributed by atoms with Gasteiger partial charge in [-0.3, -0.25) is 0 Å². The van der Waals surface area contributed by atoms with Gasteiger partial charge in [0.15, 0.2) is 0 Å². The van der Waals surface area contributed by atoms with Crippen LogP contribution >= 0.6 is 15.9 Å². The van der Waals surface area contributed by atoms with Gasteiger partial charge in [0.1, 0.15) is 11.4 Å². The third-order valence-corrected chi connectivity index (χ3v) is 3.35. The Bertz CT molecular complexity index is 508. The molecule has 0 atom stereocenters. The first kappa shape index (κ1) is 12.2. The third-order valence-electron chi connectivity index (χ3n) is 2.75. The maximum absolute atomic E-state index is 5.37. The van der Waals surface area contributed by atoms with Gasteiger partial charge in [-0.1, -0.05) is 35.0 Å². The molecular weight excluding hydrogens is 280 g/mol.